The van der Waals surface area contributed by atoms with Crippen LogP contribution in [-0.4, -0.2) is 28.5 Å². The minimum atomic E-state index is -0.436. The fraction of sp³-hybridized carbons (Fsp3) is 0.188. The molecule has 7 heteroatoms. The summed E-state index contributed by atoms with van der Waals surface area (Å²) in [5.74, 6) is 0.303. The molecule has 0 aliphatic carbocycles. The minimum absolute atomic E-state index is 0.0237. The van der Waals surface area contributed by atoms with E-state index in [9.17, 15) is 14.9 Å². The summed E-state index contributed by atoms with van der Waals surface area (Å²) in [6.07, 6.45) is 0. The van der Waals surface area contributed by atoms with Gasteiger partial charge in [0.25, 0.3) is 5.69 Å². The largest absolute Gasteiger partial charge is 0.341 e. The van der Waals surface area contributed by atoms with Gasteiger partial charge in [0.15, 0.2) is 0 Å². The summed E-state index contributed by atoms with van der Waals surface area (Å²) in [5.41, 5.74) is 0.774. The molecule has 2 aromatic rings. The van der Waals surface area contributed by atoms with E-state index in [-0.39, 0.29) is 11.6 Å². The van der Waals surface area contributed by atoms with Crippen LogP contribution in [0.1, 0.15) is 5.56 Å². The van der Waals surface area contributed by atoms with Gasteiger partial charge in [-0.15, -0.1) is 11.8 Å². The van der Waals surface area contributed by atoms with Crippen LogP contribution in [0.4, 0.5) is 5.69 Å². The van der Waals surface area contributed by atoms with E-state index in [0.29, 0.717) is 12.3 Å². The Bertz CT molecular complexity index is 707. The molecule has 0 heterocycles. The van der Waals surface area contributed by atoms with E-state index >= 15 is 0 Å². The normalized spacial score (nSPS) is 10.3. The fourth-order valence-corrected chi connectivity index (χ4v) is 3.02. The number of thioether (sulfide) groups is 1. The van der Waals surface area contributed by atoms with E-state index in [0.717, 1.165) is 14.9 Å². The molecule has 0 saturated heterocycles. The monoisotopic (exact) mass is 394 g/mol. The molecule has 0 bridgehead atoms. The van der Waals surface area contributed by atoms with Crippen molar-refractivity contribution in [1.29, 1.82) is 0 Å². The van der Waals surface area contributed by atoms with Gasteiger partial charge in [-0.05, 0) is 29.8 Å². The van der Waals surface area contributed by atoms with Crippen molar-refractivity contribution in [3.8, 4) is 0 Å². The Morgan fingerprint density at radius 2 is 1.96 bits per heavy atom. The van der Waals surface area contributed by atoms with Gasteiger partial charge in [-0.25, -0.2) is 0 Å². The van der Waals surface area contributed by atoms with E-state index in [4.69, 9.17) is 0 Å². The van der Waals surface area contributed by atoms with Crippen LogP contribution in [0.15, 0.2) is 57.9 Å². The first kappa shape index (κ1) is 17.5. The lowest BCUT2D eigenvalue weighted by molar-refractivity contribution is -0.384. The third-order valence-electron chi connectivity index (χ3n) is 3.14. The summed E-state index contributed by atoms with van der Waals surface area (Å²) in [7, 11) is 1.70. The highest BCUT2D eigenvalue weighted by molar-refractivity contribution is 9.10. The van der Waals surface area contributed by atoms with Crippen molar-refractivity contribution in [3.05, 3.63) is 68.7 Å². The van der Waals surface area contributed by atoms with Gasteiger partial charge >= 0.3 is 0 Å². The number of nitro benzene ring substituents is 1. The SMILES string of the molecule is CN(Cc1cccc([N+](=O)[O-])c1)C(=O)CSc1ccc(Br)cc1. The van der Waals surface area contributed by atoms with Gasteiger partial charge in [0, 0.05) is 35.1 Å². The van der Waals surface area contributed by atoms with E-state index in [2.05, 4.69) is 15.9 Å². The minimum Gasteiger partial charge on any atom is -0.341 e. The van der Waals surface area contributed by atoms with Crippen LogP contribution in [-0.2, 0) is 11.3 Å². The maximum absolute atomic E-state index is 12.2. The lowest BCUT2D eigenvalue weighted by atomic mass is 10.2. The molecule has 120 valence electrons. The van der Waals surface area contributed by atoms with Crippen molar-refractivity contribution in [2.75, 3.05) is 12.8 Å². The Morgan fingerprint density at radius 3 is 2.61 bits per heavy atom. The van der Waals surface area contributed by atoms with Crippen molar-refractivity contribution in [1.82, 2.24) is 4.90 Å². The first-order valence-electron chi connectivity index (χ1n) is 6.81. The predicted molar refractivity (Wildman–Crippen MR) is 94.4 cm³/mol. The van der Waals surface area contributed by atoms with Crippen LogP contribution in [0.2, 0.25) is 0 Å². The lowest BCUT2D eigenvalue weighted by Gasteiger charge is -2.17. The number of carbonyl (C=O) groups is 1. The summed E-state index contributed by atoms with van der Waals surface area (Å²) in [4.78, 5) is 25.1. The molecule has 0 radical (unpaired) electrons. The number of nitro groups is 1. The molecule has 23 heavy (non-hydrogen) atoms. The average molecular weight is 395 g/mol. The van der Waals surface area contributed by atoms with Crippen LogP contribution >= 0.6 is 27.7 Å². The Labute approximate surface area is 147 Å². The average Bonchev–Trinajstić information content (AvgIpc) is 2.54. The van der Waals surface area contributed by atoms with Gasteiger partial charge in [0.1, 0.15) is 0 Å². The summed E-state index contributed by atoms with van der Waals surface area (Å²) >= 11 is 4.83. The molecule has 0 saturated carbocycles. The van der Waals surface area contributed by atoms with E-state index < -0.39 is 4.92 Å². The number of carbonyl (C=O) groups excluding carboxylic acids is 1. The number of non-ortho nitro benzene ring substituents is 1. The highest BCUT2D eigenvalue weighted by Gasteiger charge is 2.12. The molecule has 0 aliphatic heterocycles. The Morgan fingerprint density at radius 1 is 1.26 bits per heavy atom. The second kappa shape index (κ2) is 8.12. The molecular formula is C16H15BrN2O3S. The molecule has 1 amide bonds. The molecule has 0 spiro atoms. The number of hydrogen-bond acceptors (Lipinski definition) is 4. The smallest absolute Gasteiger partial charge is 0.269 e. The molecule has 0 aliphatic rings. The maximum Gasteiger partial charge on any atom is 0.269 e. The summed E-state index contributed by atoms with van der Waals surface area (Å²) in [6, 6.07) is 14.1. The Hall–Kier alpha value is -1.86. The summed E-state index contributed by atoms with van der Waals surface area (Å²) in [5, 5.41) is 10.8. The van der Waals surface area contributed by atoms with Crippen molar-refractivity contribution in [3.63, 3.8) is 0 Å². The number of rotatable bonds is 6. The zero-order valence-electron chi connectivity index (χ0n) is 12.4. The second-order valence-electron chi connectivity index (χ2n) is 4.92. The van der Waals surface area contributed by atoms with E-state index in [1.807, 2.05) is 24.3 Å². The Kier molecular flexibility index (Phi) is 6.18. The number of benzene rings is 2. The van der Waals surface area contributed by atoms with Crippen LogP contribution in [0, 0.1) is 10.1 Å². The van der Waals surface area contributed by atoms with E-state index in [1.54, 1.807) is 24.1 Å². The number of nitrogens with zero attached hydrogens (tertiary/aromatic N) is 2. The highest BCUT2D eigenvalue weighted by Crippen LogP contribution is 2.21. The molecule has 0 N–H and O–H groups in total. The molecule has 5 nitrogen and oxygen atoms in total. The molecule has 0 atom stereocenters. The van der Waals surface area contributed by atoms with Gasteiger partial charge in [-0.3, -0.25) is 14.9 Å². The van der Waals surface area contributed by atoms with E-state index in [1.165, 1.54) is 23.9 Å². The number of hydrogen-bond donors (Lipinski definition) is 0. The molecule has 2 aromatic carbocycles. The van der Waals surface area contributed by atoms with Gasteiger partial charge in [0.05, 0.1) is 10.7 Å². The van der Waals surface area contributed by atoms with Gasteiger partial charge < -0.3 is 4.90 Å². The lowest BCUT2D eigenvalue weighted by Crippen LogP contribution is -2.27. The van der Waals surface area contributed by atoms with Crippen LogP contribution in [0.25, 0.3) is 0 Å². The molecular weight excluding hydrogens is 380 g/mol. The topological polar surface area (TPSA) is 63.4 Å². The quantitative estimate of drug-likeness (QED) is 0.420. The third kappa shape index (κ3) is 5.37. The summed E-state index contributed by atoms with van der Waals surface area (Å²) in [6.45, 7) is 0.349. The summed E-state index contributed by atoms with van der Waals surface area (Å²) < 4.78 is 0.996. The van der Waals surface area contributed by atoms with Crippen LogP contribution in [0.5, 0.6) is 0 Å². The molecule has 0 unspecified atom stereocenters. The maximum atomic E-state index is 12.2. The van der Waals surface area contributed by atoms with Crippen LogP contribution in [0.3, 0.4) is 0 Å². The standard InChI is InChI=1S/C16H15BrN2O3S/c1-18(10-12-3-2-4-14(9-12)19(21)22)16(20)11-23-15-7-5-13(17)6-8-15/h2-9H,10-11H2,1H3. The van der Waals surface area contributed by atoms with Crippen molar-refractivity contribution in [2.24, 2.45) is 0 Å². The third-order valence-corrected chi connectivity index (χ3v) is 4.67. The van der Waals surface area contributed by atoms with Crippen molar-refractivity contribution < 1.29 is 9.72 Å². The number of amides is 1. The predicted octanol–water partition coefficient (Wildman–Crippen LogP) is 4.11. The molecule has 0 aromatic heterocycles. The van der Waals surface area contributed by atoms with Gasteiger partial charge in [-0.2, -0.15) is 0 Å². The molecule has 0 fully saturated rings. The first-order valence-corrected chi connectivity index (χ1v) is 8.59. The second-order valence-corrected chi connectivity index (χ2v) is 6.88. The first-order chi connectivity index (χ1) is 11.0. The number of halogens is 1. The zero-order valence-corrected chi connectivity index (χ0v) is 14.8. The van der Waals surface area contributed by atoms with Gasteiger partial charge in [0.2, 0.25) is 5.91 Å². The van der Waals surface area contributed by atoms with Crippen LogP contribution < -0.4 is 0 Å². The highest BCUT2D eigenvalue weighted by atomic mass is 79.9. The Balaban J connectivity index is 1.90. The molecule has 2 rings (SSSR count). The zero-order chi connectivity index (χ0) is 16.8. The van der Waals surface area contributed by atoms with Gasteiger partial charge in [-0.1, -0.05) is 28.1 Å². The fourth-order valence-electron chi connectivity index (χ4n) is 1.92. The van der Waals surface area contributed by atoms with Crippen molar-refractivity contribution >= 4 is 39.3 Å². The van der Waals surface area contributed by atoms with Crippen molar-refractivity contribution in [2.45, 2.75) is 11.4 Å².